The van der Waals surface area contributed by atoms with E-state index < -0.39 is 35.8 Å². The number of aliphatic hydroxyl groups excluding tert-OH is 2. The lowest BCUT2D eigenvalue weighted by Crippen LogP contribution is -2.48. The van der Waals surface area contributed by atoms with Gasteiger partial charge >= 0.3 is 0 Å². The van der Waals surface area contributed by atoms with Crippen molar-refractivity contribution in [2.75, 3.05) is 6.54 Å². The zero-order chi connectivity index (χ0) is 28.4. The molecular formula is C32H40F2N2O3. The number of hydrogen-bond acceptors (Lipinski definition) is 4. The number of carbonyl (C=O) groups excluding carboxylic acids is 1. The normalized spacial score (nSPS) is 13.7. The molecular weight excluding hydrogens is 498 g/mol. The first-order chi connectivity index (χ1) is 18.7. The smallest absolute Gasteiger partial charge is 0.251 e. The molecule has 3 aromatic rings. The molecule has 1 amide bonds. The highest BCUT2D eigenvalue weighted by Gasteiger charge is 2.24. The number of rotatable bonds is 14. The number of benzene rings is 3. The van der Waals surface area contributed by atoms with Gasteiger partial charge < -0.3 is 20.8 Å². The Morgan fingerprint density at radius 2 is 1.51 bits per heavy atom. The summed E-state index contributed by atoms with van der Waals surface area (Å²) in [5.41, 5.74) is 3.60. The van der Waals surface area contributed by atoms with Crippen molar-refractivity contribution in [3.63, 3.8) is 0 Å². The predicted octanol–water partition coefficient (Wildman–Crippen LogP) is 5.49. The first-order valence-corrected chi connectivity index (χ1v) is 13.7. The van der Waals surface area contributed by atoms with Crippen molar-refractivity contribution in [3.05, 3.63) is 106 Å². The van der Waals surface area contributed by atoms with Crippen molar-refractivity contribution in [2.24, 2.45) is 5.92 Å². The molecule has 1 unspecified atom stereocenters. The van der Waals surface area contributed by atoms with Crippen molar-refractivity contribution < 1.29 is 23.8 Å². The fourth-order valence-electron chi connectivity index (χ4n) is 4.86. The van der Waals surface area contributed by atoms with E-state index in [1.807, 2.05) is 26.0 Å². The van der Waals surface area contributed by atoms with E-state index in [4.69, 9.17) is 0 Å². The Morgan fingerprint density at radius 3 is 2.18 bits per heavy atom. The largest absolute Gasteiger partial charge is 0.390 e. The van der Waals surface area contributed by atoms with E-state index in [0.717, 1.165) is 30.9 Å². The van der Waals surface area contributed by atoms with E-state index in [1.54, 1.807) is 24.3 Å². The second-order valence-electron chi connectivity index (χ2n) is 10.1. The average molecular weight is 539 g/mol. The summed E-state index contributed by atoms with van der Waals surface area (Å²) in [6.45, 7) is 6.80. The molecule has 0 bridgehead atoms. The summed E-state index contributed by atoms with van der Waals surface area (Å²) in [5.74, 6) is -1.81. The van der Waals surface area contributed by atoms with Gasteiger partial charge in [-0.2, -0.15) is 0 Å². The van der Waals surface area contributed by atoms with E-state index in [1.165, 1.54) is 17.7 Å². The Labute approximate surface area is 230 Å². The summed E-state index contributed by atoms with van der Waals surface area (Å²) in [5, 5.41) is 27.9. The Hall–Kier alpha value is -3.13. The number of carbonyl (C=O) groups is 1. The molecule has 210 valence electrons. The molecule has 4 N–H and O–H groups in total. The third-order valence-corrected chi connectivity index (χ3v) is 7.23. The zero-order valence-corrected chi connectivity index (χ0v) is 23.0. The second kappa shape index (κ2) is 14.9. The standard InChI is InChI=1S/C32H40F2N2O3/c1-4-21-9-7-10-22(13-21)19-35-20-30(37)29(16-23-14-27(33)18-28(34)15-23)36-32(39)26-12-8-11-25(17-26)31(38)24(5-2)6-3/h7-15,17-18,24,29-31,35,37-38H,4-6,16,19-20H2,1-3H3,(H,36,39)/t29-,30+,31?/m0/s1. The molecule has 0 spiro atoms. The van der Waals surface area contributed by atoms with Crippen LogP contribution in [-0.2, 0) is 19.4 Å². The first-order valence-electron chi connectivity index (χ1n) is 13.7. The number of nitrogens with one attached hydrogen (secondary N) is 2. The predicted molar refractivity (Wildman–Crippen MR) is 150 cm³/mol. The van der Waals surface area contributed by atoms with Crippen molar-refractivity contribution in [1.82, 2.24) is 10.6 Å². The first kappa shape index (κ1) is 30.4. The van der Waals surface area contributed by atoms with Crippen LogP contribution in [0.5, 0.6) is 0 Å². The fraction of sp³-hybridized carbons (Fsp3) is 0.406. The van der Waals surface area contributed by atoms with Crippen molar-refractivity contribution in [2.45, 2.75) is 71.2 Å². The highest BCUT2D eigenvalue weighted by atomic mass is 19.1. The summed E-state index contributed by atoms with van der Waals surface area (Å²) in [6, 6.07) is 17.3. The quantitative estimate of drug-likeness (QED) is 0.219. The van der Waals surface area contributed by atoms with Crippen LogP contribution in [0.15, 0.2) is 66.7 Å². The van der Waals surface area contributed by atoms with Gasteiger partial charge in [0.15, 0.2) is 0 Å². The van der Waals surface area contributed by atoms with E-state index in [-0.39, 0.29) is 18.9 Å². The van der Waals surface area contributed by atoms with Crippen molar-refractivity contribution in [3.8, 4) is 0 Å². The Morgan fingerprint density at radius 1 is 0.846 bits per heavy atom. The van der Waals surface area contributed by atoms with Gasteiger partial charge in [-0.25, -0.2) is 8.78 Å². The average Bonchev–Trinajstić information content (AvgIpc) is 2.92. The molecule has 0 radical (unpaired) electrons. The maximum Gasteiger partial charge on any atom is 0.251 e. The van der Waals surface area contributed by atoms with Gasteiger partial charge in [-0.05, 0) is 65.3 Å². The lowest BCUT2D eigenvalue weighted by atomic mass is 9.90. The van der Waals surface area contributed by atoms with Crippen LogP contribution < -0.4 is 10.6 Å². The molecule has 0 aliphatic carbocycles. The molecule has 0 aliphatic heterocycles. The van der Waals surface area contributed by atoms with Crippen LogP contribution in [0.2, 0.25) is 0 Å². The van der Waals surface area contributed by atoms with Crippen LogP contribution >= 0.6 is 0 Å². The van der Waals surface area contributed by atoms with Gasteiger partial charge in [-0.1, -0.05) is 70.0 Å². The molecule has 0 fully saturated rings. The molecule has 7 heteroatoms. The van der Waals surface area contributed by atoms with Crippen LogP contribution in [0.1, 0.15) is 72.3 Å². The van der Waals surface area contributed by atoms with E-state index >= 15 is 0 Å². The van der Waals surface area contributed by atoms with Crippen LogP contribution in [0, 0.1) is 17.6 Å². The fourth-order valence-corrected chi connectivity index (χ4v) is 4.86. The summed E-state index contributed by atoms with van der Waals surface area (Å²) in [6.07, 6.45) is 0.840. The van der Waals surface area contributed by atoms with Crippen LogP contribution in [0.4, 0.5) is 8.78 Å². The minimum absolute atomic E-state index is 0.0324. The SMILES string of the molecule is CCc1cccc(CNC[C@@H](O)[C@H](Cc2cc(F)cc(F)c2)NC(=O)c2cccc(C(O)C(CC)CC)c2)c1. The van der Waals surface area contributed by atoms with E-state index in [9.17, 15) is 23.8 Å². The highest BCUT2D eigenvalue weighted by molar-refractivity contribution is 5.94. The Balaban J connectivity index is 1.75. The van der Waals surface area contributed by atoms with Crippen molar-refractivity contribution >= 4 is 5.91 Å². The molecule has 0 heterocycles. The molecule has 0 aromatic heterocycles. The maximum atomic E-state index is 13.9. The molecule has 0 saturated heterocycles. The molecule has 39 heavy (non-hydrogen) atoms. The van der Waals surface area contributed by atoms with Crippen LogP contribution in [0.25, 0.3) is 0 Å². The molecule has 3 atom stereocenters. The van der Waals surface area contributed by atoms with Gasteiger partial charge in [-0.15, -0.1) is 0 Å². The molecule has 3 rings (SSSR count). The number of amides is 1. The third kappa shape index (κ3) is 8.95. The van der Waals surface area contributed by atoms with Crippen molar-refractivity contribution in [1.29, 1.82) is 0 Å². The topological polar surface area (TPSA) is 81.6 Å². The van der Waals surface area contributed by atoms with Gasteiger partial charge in [-0.3, -0.25) is 4.79 Å². The molecule has 5 nitrogen and oxygen atoms in total. The maximum absolute atomic E-state index is 13.9. The molecule has 0 saturated carbocycles. The lowest BCUT2D eigenvalue weighted by Gasteiger charge is -2.25. The molecule has 0 aliphatic rings. The summed E-state index contributed by atoms with van der Waals surface area (Å²) >= 11 is 0. The van der Waals surface area contributed by atoms with Gasteiger partial charge in [0.2, 0.25) is 0 Å². The Bertz CT molecular complexity index is 1200. The van der Waals surface area contributed by atoms with E-state index in [0.29, 0.717) is 23.2 Å². The Kier molecular flexibility index (Phi) is 11.6. The number of hydrogen-bond donors (Lipinski definition) is 4. The summed E-state index contributed by atoms with van der Waals surface area (Å²) in [7, 11) is 0. The van der Waals surface area contributed by atoms with E-state index in [2.05, 4.69) is 29.7 Å². The minimum Gasteiger partial charge on any atom is -0.390 e. The van der Waals surface area contributed by atoms with Gasteiger partial charge in [0, 0.05) is 24.7 Å². The summed E-state index contributed by atoms with van der Waals surface area (Å²) in [4.78, 5) is 13.3. The monoisotopic (exact) mass is 538 g/mol. The second-order valence-corrected chi connectivity index (χ2v) is 10.1. The zero-order valence-electron chi connectivity index (χ0n) is 23.0. The third-order valence-electron chi connectivity index (χ3n) is 7.23. The number of aliphatic hydroxyl groups is 2. The lowest BCUT2D eigenvalue weighted by molar-refractivity contribution is 0.0828. The number of aryl methyl sites for hydroxylation is 1. The minimum atomic E-state index is -1.03. The summed E-state index contributed by atoms with van der Waals surface area (Å²) < 4.78 is 27.8. The number of halogens is 2. The van der Waals surface area contributed by atoms with Gasteiger partial charge in [0.1, 0.15) is 11.6 Å². The highest BCUT2D eigenvalue weighted by Crippen LogP contribution is 2.27. The van der Waals surface area contributed by atoms with Gasteiger partial charge in [0.05, 0.1) is 18.2 Å². The van der Waals surface area contributed by atoms with Crippen LogP contribution in [-0.4, -0.2) is 34.8 Å². The molecule has 3 aromatic carbocycles. The van der Waals surface area contributed by atoms with Gasteiger partial charge in [0.25, 0.3) is 5.91 Å². The van der Waals surface area contributed by atoms with Crippen LogP contribution in [0.3, 0.4) is 0 Å².